The number of aromatic nitrogens is 2. The summed E-state index contributed by atoms with van der Waals surface area (Å²) >= 11 is 0. The Labute approximate surface area is 145 Å². The summed E-state index contributed by atoms with van der Waals surface area (Å²) in [6.45, 7) is 8.92. The SMILES string of the molecule is C=CCOCC(NC(=O)c1cc(C)n(-c2cc(C)on2)c1C)C(=O)O. The molecule has 2 heterocycles. The topological polar surface area (TPSA) is 107 Å². The predicted octanol–water partition coefficient (Wildman–Crippen LogP) is 1.78. The van der Waals surface area contributed by atoms with E-state index in [0.29, 0.717) is 22.8 Å². The number of amides is 1. The summed E-state index contributed by atoms with van der Waals surface area (Å²) in [4.78, 5) is 23.8. The molecule has 0 aliphatic heterocycles. The highest BCUT2D eigenvalue weighted by Gasteiger charge is 2.24. The molecule has 25 heavy (non-hydrogen) atoms. The Morgan fingerprint density at radius 1 is 1.44 bits per heavy atom. The summed E-state index contributed by atoms with van der Waals surface area (Å²) in [6, 6.07) is 2.29. The van der Waals surface area contributed by atoms with Crippen molar-refractivity contribution < 1.29 is 24.0 Å². The molecule has 0 aromatic carbocycles. The summed E-state index contributed by atoms with van der Waals surface area (Å²) in [7, 11) is 0. The first kappa shape index (κ1) is 18.5. The van der Waals surface area contributed by atoms with Gasteiger partial charge in [-0.2, -0.15) is 0 Å². The summed E-state index contributed by atoms with van der Waals surface area (Å²) < 4.78 is 12.0. The smallest absolute Gasteiger partial charge is 0.328 e. The van der Waals surface area contributed by atoms with Crippen LogP contribution in [-0.2, 0) is 9.53 Å². The molecule has 1 amide bonds. The number of hydrogen-bond acceptors (Lipinski definition) is 5. The molecular formula is C17H21N3O5. The molecule has 8 heteroatoms. The Balaban J connectivity index is 2.21. The van der Waals surface area contributed by atoms with E-state index in [-0.39, 0.29) is 13.2 Å². The van der Waals surface area contributed by atoms with Crippen LogP contribution in [-0.4, -0.2) is 46.0 Å². The van der Waals surface area contributed by atoms with Crippen LogP contribution in [0.15, 0.2) is 29.3 Å². The fourth-order valence-electron chi connectivity index (χ4n) is 2.48. The molecule has 2 N–H and O–H groups in total. The van der Waals surface area contributed by atoms with Gasteiger partial charge in [-0.3, -0.25) is 9.36 Å². The molecule has 1 unspecified atom stereocenters. The van der Waals surface area contributed by atoms with Gasteiger partial charge in [0.2, 0.25) is 0 Å². The van der Waals surface area contributed by atoms with Gasteiger partial charge in [0, 0.05) is 17.5 Å². The average molecular weight is 347 g/mol. The van der Waals surface area contributed by atoms with E-state index in [1.807, 2.05) is 6.92 Å². The van der Waals surface area contributed by atoms with Gasteiger partial charge in [-0.15, -0.1) is 6.58 Å². The van der Waals surface area contributed by atoms with E-state index in [0.717, 1.165) is 5.69 Å². The molecular weight excluding hydrogens is 326 g/mol. The third-order valence-electron chi connectivity index (χ3n) is 3.64. The van der Waals surface area contributed by atoms with Crippen molar-refractivity contribution in [1.29, 1.82) is 0 Å². The molecule has 0 saturated carbocycles. The van der Waals surface area contributed by atoms with Crippen molar-refractivity contribution in [2.24, 2.45) is 0 Å². The Morgan fingerprint density at radius 3 is 2.72 bits per heavy atom. The molecule has 0 aliphatic rings. The number of aliphatic carboxylic acids is 1. The van der Waals surface area contributed by atoms with E-state index in [1.54, 1.807) is 30.5 Å². The van der Waals surface area contributed by atoms with Gasteiger partial charge in [0.05, 0.1) is 18.8 Å². The minimum Gasteiger partial charge on any atom is -0.480 e. The van der Waals surface area contributed by atoms with Gasteiger partial charge in [-0.05, 0) is 26.8 Å². The third-order valence-corrected chi connectivity index (χ3v) is 3.64. The van der Waals surface area contributed by atoms with E-state index in [4.69, 9.17) is 9.26 Å². The number of carbonyl (C=O) groups is 2. The van der Waals surface area contributed by atoms with Gasteiger partial charge >= 0.3 is 5.97 Å². The highest BCUT2D eigenvalue weighted by molar-refractivity contribution is 5.98. The average Bonchev–Trinajstić information content (AvgIpc) is 3.09. The normalized spacial score (nSPS) is 12.0. The number of aryl methyl sites for hydroxylation is 2. The van der Waals surface area contributed by atoms with Crippen molar-refractivity contribution in [2.45, 2.75) is 26.8 Å². The van der Waals surface area contributed by atoms with Crippen LogP contribution in [0.25, 0.3) is 5.82 Å². The molecule has 2 aromatic rings. The van der Waals surface area contributed by atoms with Gasteiger partial charge in [0.25, 0.3) is 5.91 Å². The number of rotatable bonds is 8. The molecule has 0 spiro atoms. The highest BCUT2D eigenvalue weighted by atomic mass is 16.5. The zero-order chi connectivity index (χ0) is 18.6. The maximum Gasteiger partial charge on any atom is 0.328 e. The largest absolute Gasteiger partial charge is 0.480 e. The lowest BCUT2D eigenvalue weighted by Gasteiger charge is -2.14. The predicted molar refractivity (Wildman–Crippen MR) is 89.9 cm³/mol. The lowest BCUT2D eigenvalue weighted by molar-refractivity contribution is -0.140. The number of nitrogens with zero attached hydrogens (tertiary/aromatic N) is 2. The number of nitrogens with one attached hydrogen (secondary N) is 1. The monoisotopic (exact) mass is 347 g/mol. The van der Waals surface area contributed by atoms with Crippen LogP contribution in [0.4, 0.5) is 0 Å². The Kier molecular flexibility index (Phi) is 5.76. The molecule has 0 aliphatic carbocycles. The molecule has 0 fully saturated rings. The van der Waals surface area contributed by atoms with Crippen LogP contribution in [0.2, 0.25) is 0 Å². The fraction of sp³-hybridized carbons (Fsp3) is 0.353. The second-order valence-corrected chi connectivity index (χ2v) is 5.61. The second kappa shape index (κ2) is 7.80. The lowest BCUT2D eigenvalue weighted by Crippen LogP contribution is -2.44. The maximum absolute atomic E-state index is 12.5. The zero-order valence-electron chi connectivity index (χ0n) is 14.4. The van der Waals surface area contributed by atoms with Crippen molar-refractivity contribution >= 4 is 11.9 Å². The summed E-state index contributed by atoms with van der Waals surface area (Å²) in [5.41, 5.74) is 1.79. The number of carbonyl (C=O) groups excluding carboxylic acids is 1. The van der Waals surface area contributed by atoms with E-state index in [1.165, 1.54) is 6.08 Å². The van der Waals surface area contributed by atoms with E-state index < -0.39 is 17.9 Å². The summed E-state index contributed by atoms with van der Waals surface area (Å²) in [6.07, 6.45) is 1.51. The van der Waals surface area contributed by atoms with Crippen molar-refractivity contribution in [1.82, 2.24) is 15.0 Å². The molecule has 0 bridgehead atoms. The highest BCUT2D eigenvalue weighted by Crippen LogP contribution is 2.20. The Bertz CT molecular complexity index is 790. The quantitative estimate of drug-likeness (QED) is 0.557. The maximum atomic E-state index is 12.5. The van der Waals surface area contributed by atoms with Crippen LogP contribution >= 0.6 is 0 Å². The van der Waals surface area contributed by atoms with Crippen LogP contribution in [0.3, 0.4) is 0 Å². The molecule has 1 atom stereocenters. The molecule has 134 valence electrons. The second-order valence-electron chi connectivity index (χ2n) is 5.61. The molecule has 2 aromatic heterocycles. The Hall–Kier alpha value is -2.87. The van der Waals surface area contributed by atoms with Crippen molar-refractivity contribution in [3.05, 3.63) is 47.5 Å². The van der Waals surface area contributed by atoms with Crippen molar-refractivity contribution in [3.63, 3.8) is 0 Å². The van der Waals surface area contributed by atoms with Gasteiger partial charge in [0.1, 0.15) is 5.76 Å². The zero-order valence-corrected chi connectivity index (χ0v) is 14.4. The lowest BCUT2D eigenvalue weighted by atomic mass is 10.2. The third kappa shape index (κ3) is 4.16. The Morgan fingerprint density at radius 2 is 2.16 bits per heavy atom. The van der Waals surface area contributed by atoms with Crippen LogP contribution < -0.4 is 5.32 Å². The van der Waals surface area contributed by atoms with E-state index in [9.17, 15) is 14.7 Å². The van der Waals surface area contributed by atoms with E-state index >= 15 is 0 Å². The first-order valence-corrected chi connectivity index (χ1v) is 7.70. The van der Waals surface area contributed by atoms with Crippen molar-refractivity contribution in [3.8, 4) is 5.82 Å². The van der Waals surface area contributed by atoms with Crippen LogP contribution in [0, 0.1) is 20.8 Å². The molecule has 0 saturated heterocycles. The number of hydrogen-bond donors (Lipinski definition) is 2. The molecule has 2 rings (SSSR count). The first-order chi connectivity index (χ1) is 11.8. The number of carboxylic acid groups (broad SMARTS) is 1. The number of carboxylic acids is 1. The number of ether oxygens (including phenoxy) is 1. The van der Waals surface area contributed by atoms with Crippen molar-refractivity contribution in [2.75, 3.05) is 13.2 Å². The van der Waals surface area contributed by atoms with Gasteiger partial charge in [-0.1, -0.05) is 11.2 Å². The minimum atomic E-state index is -1.17. The van der Waals surface area contributed by atoms with Gasteiger partial charge < -0.3 is 19.7 Å². The summed E-state index contributed by atoms with van der Waals surface area (Å²) in [5.74, 6) is -0.443. The fourth-order valence-corrected chi connectivity index (χ4v) is 2.48. The van der Waals surface area contributed by atoms with Gasteiger partial charge in [-0.25, -0.2) is 4.79 Å². The van der Waals surface area contributed by atoms with Gasteiger partial charge in [0.15, 0.2) is 11.9 Å². The molecule has 0 radical (unpaired) electrons. The van der Waals surface area contributed by atoms with Crippen LogP contribution in [0.1, 0.15) is 27.5 Å². The molecule has 8 nitrogen and oxygen atoms in total. The standard InChI is InChI=1S/C17H21N3O5/c1-5-6-24-9-14(17(22)23)18-16(21)13-7-10(2)20(12(13)4)15-8-11(3)25-19-15/h5,7-8,14H,1,6,9H2,2-4H3,(H,18,21)(H,22,23). The van der Waals surface area contributed by atoms with E-state index in [2.05, 4.69) is 17.1 Å². The van der Waals surface area contributed by atoms with Crippen LogP contribution in [0.5, 0.6) is 0 Å². The first-order valence-electron chi connectivity index (χ1n) is 7.70. The summed E-state index contributed by atoms with van der Waals surface area (Å²) in [5, 5.41) is 15.7. The minimum absolute atomic E-state index is 0.145.